The normalized spacial score (nSPS) is 12.5. The van der Waals surface area contributed by atoms with Gasteiger partial charge in [0, 0.05) is 44.2 Å². The number of rotatable bonds is 17. The number of para-hydroxylation sites is 2. The van der Waals surface area contributed by atoms with Gasteiger partial charge >= 0.3 is 0 Å². The number of hydrogen-bond donors (Lipinski definition) is 0. The molecule has 1 aliphatic rings. The molecule has 20 aromatic rings. The standard InChI is InChI=1S/C106H77N5Si3/c1-10-37-76(38-11-1)77-39-34-58-88(71-77)114(86-54-24-8-25-55-86,87-56-26-9-27-57-87)89-59-35-40-78(72-89)97-75-103(108-106(107-97)110-98-64-31-28-61-92(98)94-68-67-91(74-102(94)110)113(83-48-18-5-19-49-83,84-50-20-6-21-51-84)85-52-22-7-23-53-85)111-99-65-32-29-62-93(99)95-69-70-101-104(105(95)111)96-63-30-33-66-100(96)109(101)79-41-36-60-90(73-79)112(80-42-12-2-13-43-80,81-44-14-3-15-45-81)82-46-16-4-17-47-82/h1-28,30-61,63-75H,29,62H2. The molecule has 0 aliphatic heterocycles. The minimum Gasteiger partial charge on any atom is -0.309 e. The topological polar surface area (TPSA) is 40.6 Å². The Morgan fingerprint density at radius 1 is 0.246 bits per heavy atom. The molecule has 538 valence electrons. The predicted octanol–water partition coefficient (Wildman–Crippen LogP) is 17.0. The van der Waals surface area contributed by atoms with Crippen LogP contribution in [0, 0.1) is 0 Å². The molecule has 114 heavy (non-hydrogen) atoms. The molecule has 0 radical (unpaired) electrons. The van der Waals surface area contributed by atoms with E-state index in [2.05, 4.69) is 457 Å². The first kappa shape index (κ1) is 68.2. The third-order valence-electron chi connectivity index (χ3n) is 24.2. The molecule has 21 rings (SSSR count). The molecular weight excluding hydrogens is 1430 g/mol. The summed E-state index contributed by atoms with van der Waals surface area (Å²) < 4.78 is 7.44. The third kappa shape index (κ3) is 10.9. The number of fused-ring (bicyclic) bond motifs is 10. The molecular formula is C106H77N5Si3. The Morgan fingerprint density at radius 3 is 1.15 bits per heavy atom. The van der Waals surface area contributed by atoms with E-state index >= 15 is 0 Å². The Balaban J connectivity index is 0.856. The summed E-state index contributed by atoms with van der Waals surface area (Å²) in [6.45, 7) is 0. The summed E-state index contributed by atoms with van der Waals surface area (Å²) in [5.74, 6) is 1.36. The quantitative estimate of drug-likeness (QED) is 0.0673. The number of aryl methyl sites for hydroxylation is 1. The van der Waals surface area contributed by atoms with Crippen molar-refractivity contribution in [1.29, 1.82) is 0 Å². The fourth-order valence-corrected chi connectivity index (χ4v) is 33.7. The second-order valence-corrected chi connectivity index (χ2v) is 41.5. The van der Waals surface area contributed by atoms with E-state index in [1.807, 2.05) is 0 Å². The highest BCUT2D eigenvalue weighted by molar-refractivity contribution is 7.21. The van der Waals surface area contributed by atoms with Crippen molar-refractivity contribution in [2.75, 3.05) is 0 Å². The van der Waals surface area contributed by atoms with Crippen molar-refractivity contribution in [1.82, 2.24) is 23.7 Å². The molecule has 0 saturated carbocycles. The van der Waals surface area contributed by atoms with Crippen LogP contribution in [0.15, 0.2) is 437 Å². The Hall–Kier alpha value is -13.9. The molecule has 4 aromatic heterocycles. The van der Waals surface area contributed by atoms with Gasteiger partial charge < -0.3 is 4.57 Å². The molecule has 0 amide bonds. The van der Waals surface area contributed by atoms with Gasteiger partial charge in [-0.25, -0.2) is 4.98 Å². The average Bonchev–Trinajstić information content (AvgIpc) is 1.53. The summed E-state index contributed by atoms with van der Waals surface area (Å²) in [5.41, 5.74) is 13.1. The van der Waals surface area contributed by atoms with E-state index in [0.717, 1.165) is 79.7 Å². The van der Waals surface area contributed by atoms with Crippen molar-refractivity contribution in [2.24, 2.45) is 0 Å². The van der Waals surface area contributed by atoms with Crippen LogP contribution in [0.5, 0.6) is 0 Å². The largest absolute Gasteiger partial charge is 0.309 e. The predicted molar refractivity (Wildman–Crippen MR) is 487 cm³/mol. The van der Waals surface area contributed by atoms with Gasteiger partial charge in [-0.3, -0.25) is 9.13 Å². The van der Waals surface area contributed by atoms with E-state index in [1.165, 1.54) is 95.1 Å². The minimum atomic E-state index is -3.21. The van der Waals surface area contributed by atoms with Gasteiger partial charge in [-0.1, -0.05) is 394 Å². The van der Waals surface area contributed by atoms with Crippen molar-refractivity contribution in [2.45, 2.75) is 12.8 Å². The van der Waals surface area contributed by atoms with Crippen molar-refractivity contribution in [3.63, 3.8) is 0 Å². The minimum absolute atomic E-state index is 0.581. The van der Waals surface area contributed by atoms with E-state index in [1.54, 1.807) is 0 Å². The number of aromatic nitrogens is 5. The first-order valence-corrected chi connectivity index (χ1v) is 45.6. The SMILES string of the molecule is C1=Cc2c(c3ccc4c(c5ccccc5n4-c4cccc([Si](c5ccccc5)(c5ccccc5)c5ccccc5)c4)c3n2-c2cc(-c3cccc([Si](c4ccccc4)(c4ccccc4)c4cccc(-c5ccccc5)c4)c3)nc(-n3c4ccccc4c4ccc([Si](c5ccccc5)(c5ccccc5)c5ccccc5)cc43)n2)CC1. The summed E-state index contributed by atoms with van der Waals surface area (Å²) in [6.07, 6.45) is 6.53. The molecule has 0 saturated heterocycles. The van der Waals surface area contributed by atoms with Crippen molar-refractivity contribution < 1.29 is 0 Å². The fourth-order valence-electron chi connectivity index (χ4n) is 19.3. The van der Waals surface area contributed by atoms with Gasteiger partial charge in [0.2, 0.25) is 5.95 Å². The van der Waals surface area contributed by atoms with Gasteiger partial charge in [0.25, 0.3) is 0 Å². The molecule has 8 heteroatoms. The second-order valence-electron chi connectivity index (χ2n) is 30.1. The zero-order valence-corrected chi connectivity index (χ0v) is 65.8. The van der Waals surface area contributed by atoms with Crippen LogP contribution >= 0.6 is 0 Å². The van der Waals surface area contributed by atoms with Gasteiger partial charge in [0.05, 0.1) is 39.0 Å². The van der Waals surface area contributed by atoms with Crippen LogP contribution in [-0.4, -0.2) is 47.9 Å². The summed E-state index contributed by atoms with van der Waals surface area (Å²) in [6, 6.07) is 162. The lowest BCUT2D eigenvalue weighted by Gasteiger charge is -2.35. The molecule has 0 unspecified atom stereocenters. The summed E-state index contributed by atoms with van der Waals surface area (Å²) in [5, 5.41) is 21.4. The molecule has 0 atom stereocenters. The Labute approximate surface area is 666 Å². The molecule has 4 heterocycles. The molecule has 0 spiro atoms. The third-order valence-corrected chi connectivity index (χ3v) is 38.5. The lowest BCUT2D eigenvalue weighted by atomic mass is 10.00. The Morgan fingerprint density at radius 2 is 0.632 bits per heavy atom. The second kappa shape index (κ2) is 28.5. The van der Waals surface area contributed by atoms with E-state index in [9.17, 15) is 0 Å². The molecule has 5 nitrogen and oxygen atoms in total. The number of benzene rings is 16. The van der Waals surface area contributed by atoms with Crippen molar-refractivity contribution in [3.8, 4) is 39.8 Å². The van der Waals surface area contributed by atoms with Crippen LogP contribution < -0.4 is 62.2 Å². The first-order valence-electron chi connectivity index (χ1n) is 39.6. The zero-order valence-electron chi connectivity index (χ0n) is 62.8. The number of allylic oxidation sites excluding steroid dienone is 1. The van der Waals surface area contributed by atoms with Gasteiger partial charge in [-0.05, 0) is 134 Å². The maximum absolute atomic E-state index is 6.20. The maximum atomic E-state index is 6.20. The molecule has 0 N–H and O–H groups in total. The lowest BCUT2D eigenvalue weighted by molar-refractivity contribution is 0.918. The average molecular weight is 1510 g/mol. The Kier molecular flexibility index (Phi) is 17.0. The Bertz CT molecular complexity index is 6780. The highest BCUT2D eigenvalue weighted by Gasteiger charge is 2.45. The van der Waals surface area contributed by atoms with Crippen molar-refractivity contribution >= 4 is 147 Å². The number of nitrogens with zero attached hydrogens (tertiary/aromatic N) is 5. The zero-order chi connectivity index (χ0) is 75.6. The number of hydrogen-bond acceptors (Lipinski definition) is 2. The smallest absolute Gasteiger partial charge is 0.237 e. The summed E-state index contributed by atoms with van der Waals surface area (Å²) in [7, 11) is -9.24. The van der Waals surface area contributed by atoms with Gasteiger partial charge in [-0.2, -0.15) is 4.98 Å². The highest BCUT2D eigenvalue weighted by atomic mass is 28.3. The van der Waals surface area contributed by atoms with Crippen molar-refractivity contribution in [3.05, 3.63) is 448 Å². The monoisotopic (exact) mass is 1500 g/mol. The van der Waals surface area contributed by atoms with Gasteiger partial charge in [0.15, 0.2) is 24.2 Å². The van der Waals surface area contributed by atoms with Crippen LogP contribution in [0.2, 0.25) is 0 Å². The van der Waals surface area contributed by atoms with E-state index < -0.39 is 24.2 Å². The van der Waals surface area contributed by atoms with Crippen LogP contribution in [0.25, 0.3) is 100 Å². The van der Waals surface area contributed by atoms with E-state index in [-0.39, 0.29) is 0 Å². The van der Waals surface area contributed by atoms with E-state index in [4.69, 9.17) is 9.97 Å². The van der Waals surface area contributed by atoms with Gasteiger partial charge in [-0.15, -0.1) is 0 Å². The molecule has 0 bridgehead atoms. The highest BCUT2D eigenvalue weighted by Crippen LogP contribution is 2.44. The molecule has 0 fully saturated rings. The summed E-state index contributed by atoms with van der Waals surface area (Å²) >= 11 is 0. The van der Waals surface area contributed by atoms with E-state index in [0.29, 0.717) is 5.95 Å². The molecule has 16 aromatic carbocycles. The van der Waals surface area contributed by atoms with Crippen LogP contribution in [0.4, 0.5) is 0 Å². The van der Waals surface area contributed by atoms with Crippen LogP contribution in [-0.2, 0) is 6.42 Å². The molecule has 1 aliphatic carbocycles. The fraction of sp³-hybridized carbons (Fsp3) is 0.0189. The van der Waals surface area contributed by atoms with Crippen LogP contribution in [0.1, 0.15) is 17.7 Å². The lowest BCUT2D eigenvalue weighted by Crippen LogP contribution is -2.74. The van der Waals surface area contributed by atoms with Gasteiger partial charge in [0.1, 0.15) is 5.82 Å². The van der Waals surface area contributed by atoms with Crippen LogP contribution in [0.3, 0.4) is 0 Å². The summed E-state index contributed by atoms with van der Waals surface area (Å²) in [4.78, 5) is 12.3. The first-order chi connectivity index (χ1) is 56.6. The maximum Gasteiger partial charge on any atom is 0.237 e.